The number of fused-ring (bicyclic) bond motifs is 1. The maximum Gasteiger partial charge on any atom is 0.221 e. The van der Waals surface area contributed by atoms with Crippen molar-refractivity contribution in [3.05, 3.63) is 46.1 Å². The maximum absolute atomic E-state index is 11.8. The van der Waals surface area contributed by atoms with Gasteiger partial charge in [0.15, 0.2) is 6.04 Å². The molecule has 5 heteroatoms. The van der Waals surface area contributed by atoms with Gasteiger partial charge in [0, 0.05) is 30.8 Å². The molecule has 2 N–H and O–H groups in total. The van der Waals surface area contributed by atoms with Crippen LogP contribution in [0.1, 0.15) is 60.3 Å². The number of aryl methyl sites for hydroxylation is 1. The topological polar surface area (TPSA) is 46.4 Å². The van der Waals surface area contributed by atoms with E-state index in [-0.39, 0.29) is 11.9 Å². The Balaban J connectivity index is 1.85. The lowest BCUT2D eigenvalue weighted by Crippen LogP contribution is -3.10. The average molecular weight is 357 g/mol. The number of amides is 1. The van der Waals surface area contributed by atoms with Crippen molar-refractivity contribution in [3.63, 3.8) is 0 Å². The van der Waals surface area contributed by atoms with Crippen LogP contribution in [0.15, 0.2) is 24.4 Å². The Hall–Kier alpha value is -1.72. The smallest absolute Gasteiger partial charge is 0.221 e. The monoisotopic (exact) mass is 356 g/mol. The van der Waals surface area contributed by atoms with Crippen LogP contribution < -0.4 is 10.2 Å². The molecule has 0 aromatic carbocycles. The molecule has 132 valence electrons. The molecule has 0 bridgehead atoms. The third-order valence-corrected chi connectivity index (χ3v) is 6.65. The minimum atomic E-state index is 0.0241. The van der Waals surface area contributed by atoms with Crippen LogP contribution in [-0.4, -0.2) is 24.0 Å². The fourth-order valence-corrected chi connectivity index (χ4v) is 5.75. The zero-order valence-corrected chi connectivity index (χ0v) is 15.6. The molecule has 1 amide bonds. The van der Waals surface area contributed by atoms with E-state index in [1.165, 1.54) is 54.8 Å². The highest BCUT2D eigenvalue weighted by Gasteiger charge is 2.36. The van der Waals surface area contributed by atoms with E-state index in [0.717, 1.165) is 23.5 Å². The molecule has 2 aliphatic rings. The Morgan fingerprint density at radius 3 is 2.72 bits per heavy atom. The quantitative estimate of drug-likeness (QED) is 0.885. The third-order valence-electron chi connectivity index (χ3n) is 5.43. The van der Waals surface area contributed by atoms with E-state index in [2.05, 4.69) is 17.4 Å². The van der Waals surface area contributed by atoms with Gasteiger partial charge in [-0.15, -0.1) is 11.3 Å². The Bertz CT molecular complexity index is 750. The highest BCUT2D eigenvalue weighted by atomic mass is 32.1. The highest BCUT2D eigenvalue weighted by Crippen LogP contribution is 2.42. The summed E-state index contributed by atoms with van der Waals surface area (Å²) < 4.78 is 0. The summed E-state index contributed by atoms with van der Waals surface area (Å²) in [5, 5.41) is 4.21. The zero-order chi connectivity index (χ0) is 17.2. The van der Waals surface area contributed by atoms with E-state index >= 15 is 0 Å². The number of carbonyl (C=O) groups is 1. The first kappa shape index (κ1) is 16.7. The normalized spacial score (nSPS) is 18.8. The summed E-state index contributed by atoms with van der Waals surface area (Å²) >= 11 is 1.80. The van der Waals surface area contributed by atoms with E-state index < -0.39 is 0 Å². The Kier molecular flexibility index (Phi) is 4.86. The minimum absolute atomic E-state index is 0.0241. The second kappa shape index (κ2) is 7.26. The molecule has 4 rings (SSSR count). The van der Waals surface area contributed by atoms with Crippen molar-refractivity contribution >= 4 is 22.2 Å². The summed E-state index contributed by atoms with van der Waals surface area (Å²) in [4.78, 5) is 19.6. The Labute approximate surface area is 153 Å². The fourth-order valence-electron chi connectivity index (χ4n) is 4.37. The van der Waals surface area contributed by atoms with Gasteiger partial charge in [0.05, 0.1) is 18.7 Å². The molecule has 2 aromatic heterocycles. The van der Waals surface area contributed by atoms with Crippen LogP contribution in [0.3, 0.4) is 0 Å². The molecule has 1 aliphatic carbocycles. The van der Waals surface area contributed by atoms with Crippen LogP contribution in [0.2, 0.25) is 0 Å². The molecule has 0 radical (unpaired) electrons. The van der Waals surface area contributed by atoms with Crippen LogP contribution in [0.5, 0.6) is 0 Å². The van der Waals surface area contributed by atoms with Gasteiger partial charge < -0.3 is 10.2 Å². The lowest BCUT2D eigenvalue weighted by atomic mass is 9.90. The SMILES string of the molecule is CC(=O)Nc1sc2c(c1[C@H](c1ccccn1)[NH+]1CCCC1)CCCC2. The fraction of sp³-hybridized carbons (Fsp3) is 0.500. The highest BCUT2D eigenvalue weighted by molar-refractivity contribution is 7.16. The molecular weight excluding hydrogens is 330 g/mol. The lowest BCUT2D eigenvalue weighted by molar-refractivity contribution is -0.913. The van der Waals surface area contributed by atoms with Crippen molar-refractivity contribution in [1.29, 1.82) is 0 Å². The van der Waals surface area contributed by atoms with Crippen molar-refractivity contribution in [2.24, 2.45) is 0 Å². The van der Waals surface area contributed by atoms with Crippen molar-refractivity contribution in [2.75, 3.05) is 18.4 Å². The van der Waals surface area contributed by atoms with Gasteiger partial charge in [-0.1, -0.05) is 6.07 Å². The van der Waals surface area contributed by atoms with Gasteiger partial charge in [-0.25, -0.2) is 0 Å². The van der Waals surface area contributed by atoms with Crippen LogP contribution >= 0.6 is 11.3 Å². The van der Waals surface area contributed by atoms with Crippen LogP contribution in [0.4, 0.5) is 5.00 Å². The first-order chi connectivity index (χ1) is 12.2. The predicted molar refractivity (Wildman–Crippen MR) is 101 cm³/mol. The molecule has 2 aromatic rings. The van der Waals surface area contributed by atoms with Gasteiger partial charge >= 0.3 is 0 Å². The van der Waals surface area contributed by atoms with Gasteiger partial charge in [0.25, 0.3) is 0 Å². The van der Waals surface area contributed by atoms with Crippen LogP contribution in [0, 0.1) is 0 Å². The summed E-state index contributed by atoms with van der Waals surface area (Å²) in [5.41, 5.74) is 3.98. The van der Waals surface area contributed by atoms with Gasteiger partial charge in [-0.2, -0.15) is 0 Å². The summed E-state index contributed by atoms with van der Waals surface area (Å²) in [6.45, 7) is 3.98. The number of aromatic nitrogens is 1. The standard InChI is InChI=1S/C20H25N3OS/c1-14(24)22-20-18(15-8-2-3-10-17(15)25-20)19(23-12-6-7-13-23)16-9-4-5-11-21-16/h4-5,9,11,19H,2-3,6-8,10,12-13H2,1H3,(H,22,24)/p+1/t19-/m0/s1. The van der Waals surface area contributed by atoms with E-state index in [1.54, 1.807) is 23.2 Å². The van der Waals surface area contributed by atoms with E-state index in [9.17, 15) is 4.79 Å². The average Bonchev–Trinajstić information content (AvgIpc) is 3.25. The molecule has 4 nitrogen and oxygen atoms in total. The number of nitrogens with one attached hydrogen (secondary N) is 2. The summed E-state index contributed by atoms with van der Waals surface area (Å²) in [6, 6.07) is 6.46. The van der Waals surface area contributed by atoms with Gasteiger partial charge in [0.1, 0.15) is 10.7 Å². The van der Waals surface area contributed by atoms with Crippen molar-refractivity contribution in [1.82, 2.24) is 4.98 Å². The first-order valence-corrected chi connectivity index (χ1v) is 10.2. The molecule has 25 heavy (non-hydrogen) atoms. The third kappa shape index (κ3) is 3.35. The molecule has 3 heterocycles. The van der Waals surface area contributed by atoms with E-state index in [0.29, 0.717) is 0 Å². The Morgan fingerprint density at radius 1 is 1.20 bits per heavy atom. The molecule has 0 saturated carbocycles. The first-order valence-electron chi connectivity index (χ1n) is 9.41. The number of rotatable bonds is 4. The maximum atomic E-state index is 11.8. The largest absolute Gasteiger partial charge is 0.324 e. The minimum Gasteiger partial charge on any atom is -0.324 e. The molecule has 1 saturated heterocycles. The van der Waals surface area contributed by atoms with Crippen LogP contribution in [0.25, 0.3) is 0 Å². The molecule has 1 aliphatic heterocycles. The van der Waals surface area contributed by atoms with Crippen molar-refractivity contribution in [2.45, 2.75) is 51.5 Å². The predicted octanol–water partition coefficient (Wildman–Crippen LogP) is 2.75. The number of hydrogen-bond donors (Lipinski definition) is 2. The second-order valence-electron chi connectivity index (χ2n) is 7.19. The van der Waals surface area contributed by atoms with Crippen LogP contribution in [-0.2, 0) is 17.6 Å². The molecule has 1 fully saturated rings. The number of likely N-dealkylation sites (tertiary alicyclic amines) is 1. The number of carbonyl (C=O) groups excluding carboxylic acids is 1. The second-order valence-corrected chi connectivity index (χ2v) is 8.29. The van der Waals surface area contributed by atoms with Gasteiger partial charge in [-0.05, 0) is 43.4 Å². The lowest BCUT2D eigenvalue weighted by Gasteiger charge is -2.26. The summed E-state index contributed by atoms with van der Waals surface area (Å²) in [7, 11) is 0. The number of nitrogens with zero attached hydrogens (tertiary/aromatic N) is 1. The van der Waals surface area contributed by atoms with E-state index in [4.69, 9.17) is 4.98 Å². The summed E-state index contributed by atoms with van der Waals surface area (Å²) in [6.07, 6.45) is 9.25. The van der Waals surface area contributed by atoms with Gasteiger partial charge in [0.2, 0.25) is 5.91 Å². The molecular formula is C20H26N3OS+. The number of quaternary nitrogens is 1. The van der Waals surface area contributed by atoms with Gasteiger partial charge in [-0.3, -0.25) is 9.78 Å². The molecule has 0 unspecified atom stereocenters. The van der Waals surface area contributed by atoms with Crippen molar-refractivity contribution in [3.8, 4) is 0 Å². The Morgan fingerprint density at radius 2 is 2.00 bits per heavy atom. The van der Waals surface area contributed by atoms with Crippen molar-refractivity contribution < 1.29 is 9.69 Å². The number of hydrogen-bond acceptors (Lipinski definition) is 3. The number of thiophene rings is 1. The zero-order valence-electron chi connectivity index (χ0n) is 14.8. The molecule has 1 atom stereocenters. The number of anilines is 1. The van der Waals surface area contributed by atoms with E-state index in [1.807, 2.05) is 12.3 Å². The molecule has 0 spiro atoms. The summed E-state index contributed by atoms with van der Waals surface area (Å²) in [5.74, 6) is 0.0241. The number of pyridine rings is 1.